The summed E-state index contributed by atoms with van der Waals surface area (Å²) in [4.78, 5) is 4.27. The van der Waals surface area contributed by atoms with Crippen LogP contribution in [0.15, 0.2) is 48.7 Å². The summed E-state index contributed by atoms with van der Waals surface area (Å²) in [5.41, 5.74) is 2.59. The Hall–Kier alpha value is -1.79. The Bertz CT molecular complexity index is 587. The molecule has 1 saturated heterocycles. The lowest BCUT2D eigenvalue weighted by molar-refractivity contribution is -0.0227. The SMILES string of the molecule is OC[C@H]1O[C@@H](c2ccc(-c3ccccn3)cc2)[C@H](O)[C@@H]1O. The maximum Gasteiger partial charge on any atom is 0.113 e. The van der Waals surface area contributed by atoms with Crippen molar-refractivity contribution in [1.82, 2.24) is 4.98 Å². The molecule has 0 aliphatic carbocycles. The molecule has 0 unspecified atom stereocenters. The third-order valence-corrected chi connectivity index (χ3v) is 3.74. The van der Waals surface area contributed by atoms with Crippen LogP contribution in [0.3, 0.4) is 0 Å². The summed E-state index contributed by atoms with van der Waals surface area (Å²) >= 11 is 0. The first-order valence-electron chi connectivity index (χ1n) is 6.84. The van der Waals surface area contributed by atoms with E-state index in [1.807, 2.05) is 42.5 Å². The van der Waals surface area contributed by atoms with Gasteiger partial charge in [0.05, 0.1) is 12.3 Å². The van der Waals surface area contributed by atoms with E-state index in [-0.39, 0.29) is 6.61 Å². The molecule has 0 saturated carbocycles. The molecule has 5 nitrogen and oxygen atoms in total. The van der Waals surface area contributed by atoms with Gasteiger partial charge in [-0.15, -0.1) is 0 Å². The Labute approximate surface area is 122 Å². The van der Waals surface area contributed by atoms with Gasteiger partial charge in [0.1, 0.15) is 24.4 Å². The summed E-state index contributed by atoms with van der Waals surface area (Å²) < 4.78 is 5.50. The van der Waals surface area contributed by atoms with Crippen LogP contribution in [0.4, 0.5) is 0 Å². The van der Waals surface area contributed by atoms with E-state index in [9.17, 15) is 10.2 Å². The van der Waals surface area contributed by atoms with Crippen molar-refractivity contribution < 1.29 is 20.1 Å². The van der Waals surface area contributed by atoms with Gasteiger partial charge >= 0.3 is 0 Å². The number of ether oxygens (including phenoxy) is 1. The van der Waals surface area contributed by atoms with Gasteiger partial charge in [-0.1, -0.05) is 30.3 Å². The molecule has 0 amide bonds. The smallest absolute Gasteiger partial charge is 0.113 e. The van der Waals surface area contributed by atoms with Gasteiger partial charge in [-0.25, -0.2) is 0 Å². The molecule has 0 bridgehead atoms. The van der Waals surface area contributed by atoms with E-state index in [1.165, 1.54) is 0 Å². The van der Waals surface area contributed by atoms with Gasteiger partial charge < -0.3 is 20.1 Å². The minimum absolute atomic E-state index is 0.319. The van der Waals surface area contributed by atoms with Crippen molar-refractivity contribution >= 4 is 0 Å². The van der Waals surface area contributed by atoms with Crippen molar-refractivity contribution in [3.05, 3.63) is 54.2 Å². The van der Waals surface area contributed by atoms with Crippen LogP contribution in [0.25, 0.3) is 11.3 Å². The maximum absolute atomic E-state index is 10.0. The third-order valence-electron chi connectivity index (χ3n) is 3.74. The van der Waals surface area contributed by atoms with Crippen LogP contribution in [0.5, 0.6) is 0 Å². The molecule has 0 spiro atoms. The van der Waals surface area contributed by atoms with Gasteiger partial charge in [-0.2, -0.15) is 0 Å². The van der Waals surface area contributed by atoms with Crippen LogP contribution in [0.1, 0.15) is 11.7 Å². The van der Waals surface area contributed by atoms with E-state index in [0.29, 0.717) is 0 Å². The molecule has 1 aromatic carbocycles. The quantitative estimate of drug-likeness (QED) is 0.781. The molecule has 1 aromatic heterocycles. The monoisotopic (exact) mass is 287 g/mol. The van der Waals surface area contributed by atoms with Crippen LogP contribution in [-0.2, 0) is 4.74 Å². The fraction of sp³-hybridized carbons (Fsp3) is 0.312. The van der Waals surface area contributed by atoms with Crippen LogP contribution < -0.4 is 0 Å². The second-order valence-electron chi connectivity index (χ2n) is 5.10. The Kier molecular flexibility index (Phi) is 3.98. The van der Waals surface area contributed by atoms with Crippen molar-refractivity contribution in [2.75, 3.05) is 6.61 Å². The normalized spacial score (nSPS) is 28.7. The first-order valence-corrected chi connectivity index (χ1v) is 6.84. The number of aliphatic hydroxyl groups is 3. The number of hydrogen-bond acceptors (Lipinski definition) is 5. The largest absolute Gasteiger partial charge is 0.394 e. The van der Waals surface area contributed by atoms with Gasteiger partial charge in [-0.05, 0) is 17.7 Å². The predicted octanol–water partition coefficient (Wildman–Crippen LogP) is 0.903. The molecule has 1 aliphatic rings. The van der Waals surface area contributed by atoms with E-state index >= 15 is 0 Å². The number of nitrogens with zero attached hydrogens (tertiary/aromatic N) is 1. The molecule has 21 heavy (non-hydrogen) atoms. The number of rotatable bonds is 3. The molecule has 4 atom stereocenters. The Balaban J connectivity index is 1.82. The lowest BCUT2D eigenvalue weighted by atomic mass is 10.00. The highest BCUT2D eigenvalue weighted by atomic mass is 16.6. The van der Waals surface area contributed by atoms with Gasteiger partial charge in [0, 0.05) is 11.8 Å². The van der Waals surface area contributed by atoms with Crippen molar-refractivity contribution in [3.8, 4) is 11.3 Å². The zero-order valence-electron chi connectivity index (χ0n) is 11.3. The first-order chi connectivity index (χ1) is 10.2. The van der Waals surface area contributed by atoms with Crippen LogP contribution in [0.2, 0.25) is 0 Å². The molecule has 3 N–H and O–H groups in total. The average Bonchev–Trinajstić information content (AvgIpc) is 2.84. The molecular weight excluding hydrogens is 270 g/mol. The zero-order chi connectivity index (χ0) is 14.8. The minimum atomic E-state index is -1.07. The van der Waals surface area contributed by atoms with E-state index in [4.69, 9.17) is 9.84 Å². The topological polar surface area (TPSA) is 82.8 Å². The summed E-state index contributed by atoms with van der Waals surface area (Å²) in [6.07, 6.45) is -1.76. The molecule has 2 heterocycles. The summed E-state index contributed by atoms with van der Waals surface area (Å²) in [5.74, 6) is 0. The highest BCUT2D eigenvalue weighted by molar-refractivity contribution is 5.59. The van der Waals surface area contributed by atoms with E-state index in [2.05, 4.69) is 4.98 Å². The van der Waals surface area contributed by atoms with Gasteiger partial charge in [0.25, 0.3) is 0 Å². The third kappa shape index (κ3) is 2.69. The fourth-order valence-electron chi connectivity index (χ4n) is 2.55. The van der Waals surface area contributed by atoms with Crippen molar-refractivity contribution in [1.29, 1.82) is 0 Å². The second-order valence-corrected chi connectivity index (χ2v) is 5.10. The summed E-state index contributed by atoms with van der Waals surface area (Å²) in [6.45, 7) is -0.319. The summed E-state index contributed by atoms with van der Waals surface area (Å²) in [5, 5.41) is 28.9. The molecule has 2 aromatic rings. The van der Waals surface area contributed by atoms with E-state index < -0.39 is 24.4 Å². The van der Waals surface area contributed by atoms with Gasteiger partial charge in [-0.3, -0.25) is 4.98 Å². The maximum atomic E-state index is 10.0. The highest BCUT2D eigenvalue weighted by Gasteiger charge is 2.42. The number of aromatic nitrogens is 1. The van der Waals surface area contributed by atoms with Crippen LogP contribution in [0, 0.1) is 0 Å². The van der Waals surface area contributed by atoms with Crippen molar-refractivity contribution in [2.24, 2.45) is 0 Å². The van der Waals surface area contributed by atoms with Gasteiger partial charge in [0.2, 0.25) is 0 Å². The molecular formula is C16H17NO4. The highest BCUT2D eigenvalue weighted by Crippen LogP contribution is 2.34. The molecule has 1 aliphatic heterocycles. The Morgan fingerprint density at radius 1 is 1.00 bits per heavy atom. The van der Waals surface area contributed by atoms with Gasteiger partial charge in [0.15, 0.2) is 0 Å². The van der Waals surface area contributed by atoms with E-state index in [1.54, 1.807) is 6.20 Å². The number of hydrogen-bond donors (Lipinski definition) is 3. The minimum Gasteiger partial charge on any atom is -0.394 e. The Morgan fingerprint density at radius 2 is 1.76 bits per heavy atom. The average molecular weight is 287 g/mol. The van der Waals surface area contributed by atoms with Crippen LogP contribution in [-0.4, -0.2) is 45.2 Å². The summed E-state index contributed by atoms with van der Waals surface area (Å²) in [7, 11) is 0. The number of pyridine rings is 1. The predicted molar refractivity (Wildman–Crippen MR) is 76.4 cm³/mol. The molecule has 0 radical (unpaired) electrons. The number of benzene rings is 1. The number of aliphatic hydroxyl groups excluding tert-OH is 3. The lowest BCUT2D eigenvalue weighted by Gasteiger charge is -2.15. The summed E-state index contributed by atoms with van der Waals surface area (Å²) in [6, 6.07) is 13.2. The molecule has 5 heteroatoms. The standard InChI is InChI=1S/C16H17NO4/c18-9-13-14(19)15(20)16(21-13)11-6-4-10(5-7-11)12-3-1-2-8-17-12/h1-8,13-16,18-20H,9H2/t13-,14-,15-,16+/m1/s1. The molecule has 1 fully saturated rings. The van der Waals surface area contributed by atoms with Crippen LogP contribution >= 0.6 is 0 Å². The first kappa shape index (κ1) is 14.2. The van der Waals surface area contributed by atoms with E-state index in [0.717, 1.165) is 16.8 Å². The molecule has 3 rings (SSSR count). The molecule has 110 valence electrons. The second kappa shape index (κ2) is 5.91. The van der Waals surface area contributed by atoms with Crippen molar-refractivity contribution in [2.45, 2.75) is 24.4 Å². The Morgan fingerprint density at radius 3 is 2.33 bits per heavy atom. The lowest BCUT2D eigenvalue weighted by Crippen LogP contribution is -2.32. The van der Waals surface area contributed by atoms with Crippen molar-refractivity contribution in [3.63, 3.8) is 0 Å². The zero-order valence-corrected chi connectivity index (χ0v) is 11.3. The fourth-order valence-corrected chi connectivity index (χ4v) is 2.55.